The summed E-state index contributed by atoms with van der Waals surface area (Å²) in [5.74, 6) is 1.76. The van der Waals surface area contributed by atoms with E-state index in [1.165, 1.54) is 29.8 Å². The Kier molecular flexibility index (Phi) is 12.1. The van der Waals surface area contributed by atoms with E-state index in [9.17, 15) is 0 Å². The van der Waals surface area contributed by atoms with Gasteiger partial charge in [-0.3, -0.25) is 0 Å². The fraction of sp³-hybridized carbons (Fsp3) is 0.133. The van der Waals surface area contributed by atoms with Gasteiger partial charge in [0.2, 0.25) is 0 Å². The molecule has 0 unspecified atom stereocenters. The lowest BCUT2D eigenvalue weighted by molar-refractivity contribution is 0.414. The second kappa shape index (κ2) is 15.2. The van der Waals surface area contributed by atoms with Gasteiger partial charge in [-0.15, -0.1) is 0 Å². The first-order valence-electron chi connectivity index (χ1n) is 11.5. The number of hydrogen-bond acceptors (Lipinski definition) is 6. The van der Waals surface area contributed by atoms with Crippen molar-refractivity contribution in [3.05, 3.63) is 112 Å². The van der Waals surface area contributed by atoms with Gasteiger partial charge in [-0.05, 0) is 96.2 Å². The van der Waals surface area contributed by atoms with Gasteiger partial charge in [0.25, 0.3) is 0 Å². The largest absolute Gasteiger partial charge is 0.497 e. The van der Waals surface area contributed by atoms with E-state index in [4.69, 9.17) is 30.0 Å². The van der Waals surface area contributed by atoms with Crippen LogP contribution in [0.5, 0.6) is 11.5 Å². The maximum absolute atomic E-state index is 8.76. The molecular formula is C30H28BBrN2O4. The third-order valence-corrected chi connectivity index (χ3v) is 6.35. The third kappa shape index (κ3) is 9.10. The average molecular weight is 571 g/mol. The van der Waals surface area contributed by atoms with Gasteiger partial charge in [0.1, 0.15) is 11.5 Å². The minimum absolute atomic E-state index is 0.393. The smallest absolute Gasteiger partial charge is 0.488 e. The number of halogens is 1. The zero-order valence-corrected chi connectivity index (χ0v) is 23.2. The van der Waals surface area contributed by atoms with Crippen LogP contribution >= 0.6 is 15.9 Å². The highest BCUT2D eigenvalue weighted by Gasteiger charge is 2.09. The first kappa shape index (κ1) is 30.2. The average Bonchev–Trinajstić information content (AvgIpc) is 2.95. The molecule has 0 atom stereocenters. The van der Waals surface area contributed by atoms with E-state index in [2.05, 4.69) is 28.9 Å². The molecule has 192 valence electrons. The highest BCUT2D eigenvalue weighted by Crippen LogP contribution is 2.27. The molecule has 0 saturated carbocycles. The number of hydrogen-bond donors (Lipinski definition) is 2. The number of rotatable bonds is 4. The number of ether oxygens (including phenoxy) is 2. The minimum Gasteiger partial charge on any atom is -0.497 e. The molecule has 0 aliphatic rings. The van der Waals surface area contributed by atoms with Gasteiger partial charge in [-0.25, -0.2) is 0 Å². The van der Waals surface area contributed by atoms with Crippen LogP contribution in [0.25, 0.3) is 11.1 Å². The van der Waals surface area contributed by atoms with Crippen LogP contribution in [0.3, 0.4) is 0 Å². The second-order valence-electron chi connectivity index (χ2n) is 8.09. The van der Waals surface area contributed by atoms with Crippen LogP contribution in [-0.2, 0) is 0 Å². The number of aryl methyl sites for hydroxylation is 2. The van der Waals surface area contributed by atoms with E-state index in [-0.39, 0.29) is 0 Å². The molecule has 0 radical (unpaired) electrons. The van der Waals surface area contributed by atoms with E-state index in [0.29, 0.717) is 16.6 Å². The van der Waals surface area contributed by atoms with Crippen LogP contribution in [0, 0.1) is 36.5 Å². The molecule has 0 spiro atoms. The monoisotopic (exact) mass is 570 g/mol. The summed E-state index contributed by atoms with van der Waals surface area (Å²) >= 11 is 3.40. The quantitative estimate of drug-likeness (QED) is 0.312. The summed E-state index contributed by atoms with van der Waals surface area (Å²) in [7, 11) is 1.88. The number of nitrogens with zero attached hydrogens (tertiary/aromatic N) is 2. The first-order valence-corrected chi connectivity index (χ1v) is 12.3. The zero-order chi connectivity index (χ0) is 28.1. The van der Waals surface area contributed by atoms with Gasteiger partial charge in [0.15, 0.2) is 0 Å². The third-order valence-electron chi connectivity index (χ3n) is 5.46. The van der Waals surface area contributed by atoms with E-state index in [1.54, 1.807) is 14.2 Å². The molecule has 4 aromatic carbocycles. The van der Waals surface area contributed by atoms with Crippen LogP contribution in [-0.4, -0.2) is 31.4 Å². The van der Waals surface area contributed by atoms with E-state index in [0.717, 1.165) is 32.7 Å². The maximum Gasteiger partial charge on any atom is 0.488 e. The molecule has 0 aromatic heterocycles. The van der Waals surface area contributed by atoms with Crippen molar-refractivity contribution >= 4 is 28.5 Å². The van der Waals surface area contributed by atoms with Crippen LogP contribution < -0.4 is 14.9 Å². The lowest BCUT2D eigenvalue weighted by atomic mass is 9.80. The Labute approximate surface area is 232 Å². The van der Waals surface area contributed by atoms with Crippen LogP contribution in [0.15, 0.2) is 89.4 Å². The Bertz CT molecular complexity index is 1410. The van der Waals surface area contributed by atoms with Crippen molar-refractivity contribution in [2.45, 2.75) is 13.8 Å². The molecule has 0 saturated heterocycles. The molecule has 4 aromatic rings. The second-order valence-corrected chi connectivity index (χ2v) is 8.95. The first-order chi connectivity index (χ1) is 18.2. The number of methoxy groups -OCH3 is 2. The molecule has 0 heterocycles. The van der Waals surface area contributed by atoms with Crippen molar-refractivity contribution in [1.82, 2.24) is 0 Å². The standard InChI is InChI=1S/C15H13NO.C8H9BrO.C7H6BNO2/c1-11-9-14(17-2)7-8-15(11)13-5-3-12(10-16)4-6-13;1-6-5-7(10-2)3-4-8(6)9;9-5-6-1-3-7(4-2-6)8(10)11/h3-9H,1-2H3;3-5H,1-2H3;1-4,10-11H. The molecular weight excluding hydrogens is 543 g/mol. The number of benzene rings is 4. The molecule has 0 bridgehead atoms. The molecule has 0 aliphatic carbocycles. The van der Waals surface area contributed by atoms with Crippen LogP contribution in [0.4, 0.5) is 0 Å². The lowest BCUT2D eigenvalue weighted by Gasteiger charge is -2.08. The van der Waals surface area contributed by atoms with Crippen molar-refractivity contribution in [3.63, 3.8) is 0 Å². The number of nitriles is 2. The Hall–Kier alpha value is -4.08. The summed E-state index contributed by atoms with van der Waals surface area (Å²) in [5.41, 5.74) is 6.21. The van der Waals surface area contributed by atoms with E-state index < -0.39 is 7.12 Å². The lowest BCUT2D eigenvalue weighted by Crippen LogP contribution is -2.29. The Morgan fingerprint density at radius 1 is 0.684 bits per heavy atom. The zero-order valence-electron chi connectivity index (χ0n) is 21.6. The molecule has 38 heavy (non-hydrogen) atoms. The van der Waals surface area contributed by atoms with Gasteiger partial charge < -0.3 is 19.5 Å². The van der Waals surface area contributed by atoms with Crippen molar-refractivity contribution in [1.29, 1.82) is 10.5 Å². The van der Waals surface area contributed by atoms with Gasteiger partial charge in [-0.1, -0.05) is 46.3 Å². The normalized spacial score (nSPS) is 9.39. The van der Waals surface area contributed by atoms with Gasteiger partial charge in [-0.2, -0.15) is 10.5 Å². The predicted molar refractivity (Wildman–Crippen MR) is 154 cm³/mol. The highest BCUT2D eigenvalue weighted by molar-refractivity contribution is 9.10. The van der Waals surface area contributed by atoms with E-state index in [1.807, 2.05) is 73.7 Å². The highest BCUT2D eigenvalue weighted by atomic mass is 79.9. The summed E-state index contributed by atoms with van der Waals surface area (Å²) in [6, 6.07) is 29.6. The summed E-state index contributed by atoms with van der Waals surface area (Å²) in [4.78, 5) is 0. The Morgan fingerprint density at radius 3 is 1.58 bits per heavy atom. The molecule has 2 N–H and O–H groups in total. The Balaban J connectivity index is 0.000000211. The molecule has 0 fully saturated rings. The maximum atomic E-state index is 8.76. The van der Waals surface area contributed by atoms with Crippen molar-refractivity contribution in [2.75, 3.05) is 14.2 Å². The van der Waals surface area contributed by atoms with Crippen molar-refractivity contribution < 1.29 is 19.5 Å². The van der Waals surface area contributed by atoms with Gasteiger partial charge >= 0.3 is 7.12 Å². The molecule has 4 rings (SSSR count). The van der Waals surface area contributed by atoms with Crippen molar-refractivity contribution in [2.24, 2.45) is 0 Å². The summed E-state index contributed by atoms with van der Waals surface area (Å²) in [5, 5.41) is 34.5. The molecule has 8 heteroatoms. The minimum atomic E-state index is -1.46. The van der Waals surface area contributed by atoms with Gasteiger partial charge in [0.05, 0.1) is 37.5 Å². The summed E-state index contributed by atoms with van der Waals surface area (Å²) < 4.78 is 11.3. The summed E-state index contributed by atoms with van der Waals surface area (Å²) in [6.07, 6.45) is 0. The summed E-state index contributed by atoms with van der Waals surface area (Å²) in [6.45, 7) is 4.09. The van der Waals surface area contributed by atoms with Crippen LogP contribution in [0.2, 0.25) is 0 Å². The fourth-order valence-electron chi connectivity index (χ4n) is 3.29. The van der Waals surface area contributed by atoms with Crippen molar-refractivity contribution in [3.8, 4) is 34.8 Å². The molecule has 6 nitrogen and oxygen atoms in total. The predicted octanol–water partition coefficient (Wildman–Crippen LogP) is 5.55. The SMILES string of the molecule is COc1ccc(-c2ccc(C#N)cc2)c(C)c1.COc1ccc(Br)c(C)c1.N#Cc1ccc(B(O)O)cc1. The molecule has 0 amide bonds. The Morgan fingerprint density at radius 2 is 1.16 bits per heavy atom. The molecule has 0 aliphatic heterocycles. The topological polar surface area (TPSA) is 106 Å². The van der Waals surface area contributed by atoms with Crippen LogP contribution in [0.1, 0.15) is 22.3 Å². The van der Waals surface area contributed by atoms with Gasteiger partial charge in [0, 0.05) is 4.47 Å². The van der Waals surface area contributed by atoms with E-state index >= 15 is 0 Å². The fourth-order valence-corrected chi connectivity index (χ4v) is 3.53.